The van der Waals surface area contributed by atoms with Gasteiger partial charge < -0.3 is 9.42 Å². The number of benzene rings is 1. The van der Waals surface area contributed by atoms with E-state index in [1.54, 1.807) is 4.90 Å². The Morgan fingerprint density at radius 2 is 1.88 bits per heavy atom. The van der Waals surface area contributed by atoms with Crippen LogP contribution < -0.4 is 0 Å². The van der Waals surface area contributed by atoms with Crippen LogP contribution in [0.4, 0.5) is 0 Å². The summed E-state index contributed by atoms with van der Waals surface area (Å²) in [5, 5.41) is 4.10. The van der Waals surface area contributed by atoms with Crippen LogP contribution in [0.15, 0.2) is 34.9 Å². The maximum absolute atomic E-state index is 13.1. The van der Waals surface area contributed by atoms with Crippen LogP contribution in [-0.2, 0) is 14.8 Å². The summed E-state index contributed by atoms with van der Waals surface area (Å²) in [6, 6.07) is 9.07. The van der Waals surface area contributed by atoms with Gasteiger partial charge in [-0.05, 0) is 26.2 Å². The van der Waals surface area contributed by atoms with Crippen molar-refractivity contribution in [3.05, 3.63) is 36.2 Å². The molecule has 0 N–H and O–H groups in total. The van der Waals surface area contributed by atoms with Crippen molar-refractivity contribution in [2.24, 2.45) is 0 Å². The number of carbonyl (C=O) groups excluding carboxylic acids is 1. The first-order valence-corrected chi connectivity index (χ1v) is 12.9. The van der Waals surface area contributed by atoms with Crippen LogP contribution in [0.5, 0.6) is 0 Å². The molecule has 1 aromatic heterocycles. The molecule has 2 unspecified atom stereocenters. The molecule has 0 spiro atoms. The predicted molar refractivity (Wildman–Crippen MR) is 120 cm³/mol. The van der Waals surface area contributed by atoms with Gasteiger partial charge >= 0.3 is 0 Å². The number of piperazine rings is 1. The van der Waals surface area contributed by atoms with Gasteiger partial charge in [-0.15, -0.1) is 0 Å². The normalized spacial score (nSPS) is 21.7. The smallest absolute Gasteiger partial charge is 0.244 e. The third-order valence-corrected chi connectivity index (χ3v) is 8.39. The summed E-state index contributed by atoms with van der Waals surface area (Å²) in [5.41, 5.74) is 0.907. The molecule has 9 nitrogen and oxygen atoms in total. The van der Waals surface area contributed by atoms with Gasteiger partial charge in [0.15, 0.2) is 0 Å². The molecular weight excluding hydrogens is 430 g/mol. The van der Waals surface area contributed by atoms with Crippen molar-refractivity contribution in [3.63, 3.8) is 0 Å². The molecule has 2 fully saturated rings. The Labute approximate surface area is 189 Å². The number of nitrogens with zero attached hydrogens (tertiary/aromatic N) is 5. The number of sulfonamides is 1. The Balaban J connectivity index is 1.36. The quantitative estimate of drug-likeness (QED) is 0.623. The molecule has 2 atom stereocenters. The van der Waals surface area contributed by atoms with E-state index in [4.69, 9.17) is 4.52 Å². The molecule has 2 aliphatic heterocycles. The zero-order chi connectivity index (χ0) is 22.7. The van der Waals surface area contributed by atoms with Gasteiger partial charge in [-0.3, -0.25) is 9.69 Å². The van der Waals surface area contributed by atoms with E-state index in [0.29, 0.717) is 57.3 Å². The molecule has 10 heteroatoms. The third-order valence-electron chi connectivity index (χ3n) is 6.31. The molecule has 32 heavy (non-hydrogen) atoms. The van der Waals surface area contributed by atoms with Crippen LogP contribution in [0.1, 0.15) is 45.0 Å². The molecule has 0 saturated carbocycles. The van der Waals surface area contributed by atoms with Crippen molar-refractivity contribution < 1.29 is 17.7 Å². The maximum atomic E-state index is 13.1. The van der Waals surface area contributed by atoms with E-state index in [9.17, 15) is 13.2 Å². The van der Waals surface area contributed by atoms with Crippen molar-refractivity contribution in [1.82, 2.24) is 24.2 Å². The van der Waals surface area contributed by atoms with Gasteiger partial charge in [-0.25, -0.2) is 8.42 Å². The molecule has 4 rings (SSSR count). The van der Waals surface area contributed by atoms with Crippen molar-refractivity contribution in [3.8, 4) is 11.4 Å². The summed E-state index contributed by atoms with van der Waals surface area (Å²) in [5.74, 6) is 1.14. The molecule has 0 bridgehead atoms. The summed E-state index contributed by atoms with van der Waals surface area (Å²) in [4.78, 5) is 21.7. The van der Waals surface area contributed by atoms with E-state index in [0.717, 1.165) is 12.0 Å². The van der Waals surface area contributed by atoms with Crippen LogP contribution in [0, 0.1) is 0 Å². The van der Waals surface area contributed by atoms with Crippen LogP contribution in [-0.4, -0.2) is 83.1 Å². The predicted octanol–water partition coefficient (Wildman–Crippen LogP) is 2.15. The first kappa shape index (κ1) is 22.9. The van der Waals surface area contributed by atoms with E-state index in [1.165, 1.54) is 4.31 Å². The lowest BCUT2D eigenvalue weighted by Crippen LogP contribution is -2.54. The summed E-state index contributed by atoms with van der Waals surface area (Å²) in [6.07, 6.45) is 1.89. The highest BCUT2D eigenvalue weighted by atomic mass is 32.2. The van der Waals surface area contributed by atoms with Gasteiger partial charge in [-0.2, -0.15) is 9.29 Å². The first-order valence-electron chi connectivity index (χ1n) is 11.3. The van der Waals surface area contributed by atoms with Gasteiger partial charge in [0.05, 0.1) is 11.8 Å². The lowest BCUT2D eigenvalue weighted by molar-refractivity contribution is -0.136. The molecule has 0 aliphatic carbocycles. The minimum absolute atomic E-state index is 0.0647. The number of amides is 1. The van der Waals surface area contributed by atoms with Gasteiger partial charge in [0.2, 0.25) is 27.6 Å². The number of rotatable bonds is 7. The topological polar surface area (TPSA) is 99.9 Å². The Hall–Kier alpha value is -2.30. The highest BCUT2D eigenvalue weighted by Crippen LogP contribution is 2.26. The highest BCUT2D eigenvalue weighted by molar-refractivity contribution is 7.89. The average molecular weight is 462 g/mol. The zero-order valence-electron chi connectivity index (χ0n) is 18.7. The number of carbonyl (C=O) groups is 1. The van der Waals surface area contributed by atoms with Crippen molar-refractivity contribution in [1.29, 1.82) is 0 Å². The van der Waals surface area contributed by atoms with E-state index >= 15 is 0 Å². The Kier molecular flexibility index (Phi) is 6.92. The van der Waals surface area contributed by atoms with E-state index < -0.39 is 16.1 Å². The van der Waals surface area contributed by atoms with Crippen LogP contribution in [0.25, 0.3) is 11.4 Å². The summed E-state index contributed by atoms with van der Waals surface area (Å²) in [6.45, 7) is 6.76. The number of hydrogen-bond donors (Lipinski definition) is 0. The monoisotopic (exact) mass is 461 g/mol. The SMILES string of the molecule is CCCS(=O)(=O)N1CCCC1C(=O)N1CCN(C(C)c2nc(-c3ccccc3)no2)CC1. The zero-order valence-corrected chi connectivity index (χ0v) is 19.5. The second-order valence-electron chi connectivity index (χ2n) is 8.44. The van der Waals surface area contributed by atoms with Gasteiger partial charge in [0, 0.05) is 38.3 Å². The minimum Gasteiger partial charge on any atom is -0.339 e. The van der Waals surface area contributed by atoms with Gasteiger partial charge in [0.1, 0.15) is 6.04 Å². The summed E-state index contributed by atoms with van der Waals surface area (Å²) in [7, 11) is -3.38. The molecule has 1 amide bonds. The van der Waals surface area contributed by atoms with Crippen LogP contribution in [0.2, 0.25) is 0 Å². The van der Waals surface area contributed by atoms with Crippen LogP contribution in [0.3, 0.4) is 0 Å². The second-order valence-corrected chi connectivity index (χ2v) is 10.5. The first-order chi connectivity index (χ1) is 15.4. The molecule has 1 aromatic carbocycles. The fourth-order valence-corrected chi connectivity index (χ4v) is 6.24. The lowest BCUT2D eigenvalue weighted by atomic mass is 10.1. The van der Waals surface area contributed by atoms with E-state index in [-0.39, 0.29) is 17.7 Å². The Morgan fingerprint density at radius 3 is 2.56 bits per heavy atom. The molecule has 2 saturated heterocycles. The van der Waals surface area contributed by atoms with Gasteiger partial charge in [-0.1, -0.05) is 42.4 Å². The van der Waals surface area contributed by atoms with Crippen molar-refractivity contribution in [2.75, 3.05) is 38.5 Å². The highest BCUT2D eigenvalue weighted by Gasteiger charge is 2.40. The fourth-order valence-electron chi connectivity index (χ4n) is 4.50. The van der Waals surface area contributed by atoms with Crippen LogP contribution >= 0.6 is 0 Å². The molecule has 2 aromatic rings. The molecular formula is C22H31N5O4S. The minimum atomic E-state index is -3.38. The number of aromatic nitrogens is 2. The van der Waals surface area contributed by atoms with Gasteiger partial charge in [0.25, 0.3) is 0 Å². The Bertz CT molecular complexity index is 1020. The van der Waals surface area contributed by atoms with Crippen molar-refractivity contribution >= 4 is 15.9 Å². The van der Waals surface area contributed by atoms with E-state index in [2.05, 4.69) is 15.0 Å². The summed E-state index contributed by atoms with van der Waals surface area (Å²) < 4.78 is 32.0. The molecule has 0 radical (unpaired) electrons. The second kappa shape index (κ2) is 9.68. The largest absolute Gasteiger partial charge is 0.339 e. The van der Waals surface area contributed by atoms with Crippen molar-refractivity contribution in [2.45, 2.75) is 45.2 Å². The fraction of sp³-hybridized carbons (Fsp3) is 0.591. The lowest BCUT2D eigenvalue weighted by Gasteiger charge is -2.38. The average Bonchev–Trinajstić information content (AvgIpc) is 3.49. The van der Waals surface area contributed by atoms with E-state index in [1.807, 2.05) is 44.2 Å². The molecule has 2 aliphatic rings. The Morgan fingerprint density at radius 1 is 1.16 bits per heavy atom. The molecule has 174 valence electrons. The number of hydrogen-bond acceptors (Lipinski definition) is 7. The third kappa shape index (κ3) is 4.72. The summed E-state index contributed by atoms with van der Waals surface area (Å²) >= 11 is 0. The maximum Gasteiger partial charge on any atom is 0.244 e. The standard InChI is InChI=1S/C22H31N5O4S/c1-3-16-32(29,30)27-11-7-10-19(27)22(28)26-14-12-25(13-15-26)17(2)21-23-20(24-31-21)18-8-5-4-6-9-18/h4-6,8-9,17,19H,3,7,10-16H2,1-2H3. The molecule has 3 heterocycles.